The average Bonchev–Trinajstić information content (AvgIpc) is 3.40. The molecule has 2 aromatic rings. The summed E-state index contributed by atoms with van der Waals surface area (Å²) in [7, 11) is -1.45. The maximum atomic E-state index is 12.8. The molecule has 1 atom stereocenters. The maximum absolute atomic E-state index is 12.8. The molecule has 8 heteroatoms. The van der Waals surface area contributed by atoms with Gasteiger partial charge in [0.25, 0.3) is 5.91 Å². The summed E-state index contributed by atoms with van der Waals surface area (Å²) < 4.78 is 30.9. The van der Waals surface area contributed by atoms with Crippen LogP contribution >= 0.6 is 0 Å². The van der Waals surface area contributed by atoms with Crippen LogP contribution in [0.15, 0.2) is 30.3 Å². The lowest BCUT2D eigenvalue weighted by Crippen LogP contribution is -2.28. The molecule has 1 amide bonds. The molecule has 0 N–H and O–H groups in total. The van der Waals surface area contributed by atoms with Gasteiger partial charge in [-0.15, -0.1) is 0 Å². The molecule has 2 fully saturated rings. The van der Waals surface area contributed by atoms with Crippen molar-refractivity contribution in [2.24, 2.45) is 0 Å². The summed E-state index contributed by atoms with van der Waals surface area (Å²) in [5, 5.41) is 4.55. The number of aromatic nitrogens is 2. The highest BCUT2D eigenvalue weighted by Crippen LogP contribution is 2.31. The Balaban J connectivity index is 1.73. The molecule has 0 bridgehead atoms. The van der Waals surface area contributed by atoms with Crippen LogP contribution in [0.1, 0.15) is 35.8 Å². The van der Waals surface area contributed by atoms with Gasteiger partial charge in [0.05, 0.1) is 30.4 Å². The molecule has 144 valence electrons. The summed E-state index contributed by atoms with van der Waals surface area (Å²) in [5.74, 6) is 0.882. The summed E-state index contributed by atoms with van der Waals surface area (Å²) in [6.45, 7) is 1.50. The van der Waals surface area contributed by atoms with Crippen LogP contribution in [0.25, 0.3) is 11.3 Å². The third kappa shape index (κ3) is 3.58. The number of likely N-dealkylation sites (tertiary alicyclic amines) is 1. The van der Waals surface area contributed by atoms with Crippen molar-refractivity contribution in [2.75, 3.05) is 31.7 Å². The van der Waals surface area contributed by atoms with Crippen molar-refractivity contribution in [3.05, 3.63) is 36.0 Å². The molecule has 0 saturated carbocycles. The molecule has 0 aliphatic carbocycles. The van der Waals surface area contributed by atoms with E-state index in [-0.39, 0.29) is 23.5 Å². The van der Waals surface area contributed by atoms with Gasteiger partial charge in [-0.1, -0.05) is 0 Å². The molecule has 2 aliphatic heterocycles. The largest absolute Gasteiger partial charge is 0.497 e. The van der Waals surface area contributed by atoms with E-state index in [4.69, 9.17) is 4.74 Å². The Labute approximate surface area is 158 Å². The van der Waals surface area contributed by atoms with E-state index in [2.05, 4.69) is 5.10 Å². The van der Waals surface area contributed by atoms with Gasteiger partial charge in [0.2, 0.25) is 0 Å². The van der Waals surface area contributed by atoms with Crippen LogP contribution in [0.2, 0.25) is 0 Å². The van der Waals surface area contributed by atoms with Gasteiger partial charge in [-0.2, -0.15) is 5.10 Å². The number of rotatable bonds is 4. The minimum Gasteiger partial charge on any atom is -0.497 e. The number of nitrogens with zero attached hydrogens (tertiary/aromatic N) is 3. The summed E-state index contributed by atoms with van der Waals surface area (Å²) in [5.41, 5.74) is 2.03. The normalized spacial score (nSPS) is 21.5. The molecule has 2 aliphatic rings. The fourth-order valence-corrected chi connectivity index (χ4v) is 5.50. The summed E-state index contributed by atoms with van der Waals surface area (Å²) in [6, 6.07) is 9.04. The molecular formula is C19H23N3O4S. The van der Waals surface area contributed by atoms with E-state index in [1.54, 1.807) is 17.9 Å². The molecule has 1 unspecified atom stereocenters. The Morgan fingerprint density at radius 3 is 2.48 bits per heavy atom. The van der Waals surface area contributed by atoms with Crippen molar-refractivity contribution in [1.29, 1.82) is 0 Å². The van der Waals surface area contributed by atoms with Crippen molar-refractivity contribution in [1.82, 2.24) is 14.7 Å². The average molecular weight is 389 g/mol. The molecule has 2 saturated heterocycles. The van der Waals surface area contributed by atoms with Crippen LogP contribution in [0, 0.1) is 0 Å². The third-order valence-corrected chi connectivity index (χ3v) is 7.04. The Morgan fingerprint density at radius 2 is 1.89 bits per heavy atom. The predicted molar refractivity (Wildman–Crippen MR) is 102 cm³/mol. The lowest BCUT2D eigenvalue weighted by molar-refractivity contribution is 0.0786. The third-order valence-electron chi connectivity index (χ3n) is 5.29. The Bertz CT molecular complexity index is 944. The lowest BCUT2D eigenvalue weighted by atomic mass is 10.1. The minimum atomic E-state index is -3.06. The van der Waals surface area contributed by atoms with E-state index in [9.17, 15) is 13.2 Å². The van der Waals surface area contributed by atoms with Gasteiger partial charge in [0.1, 0.15) is 5.75 Å². The van der Waals surface area contributed by atoms with Crippen molar-refractivity contribution >= 4 is 15.7 Å². The standard InChI is InChI=1S/C19H23N3O4S/c1-26-16-6-4-14(5-7-16)18-12-17(19(23)21-9-2-3-10-21)20-22(18)15-8-11-27(24,25)13-15/h4-7,12,15H,2-3,8-11,13H2,1H3. The van der Waals surface area contributed by atoms with E-state index in [1.165, 1.54) is 0 Å². The van der Waals surface area contributed by atoms with Gasteiger partial charge in [-0.05, 0) is 49.6 Å². The number of ether oxygens (including phenoxy) is 1. The van der Waals surface area contributed by atoms with Crippen LogP contribution in [0.5, 0.6) is 5.75 Å². The monoisotopic (exact) mass is 389 g/mol. The van der Waals surface area contributed by atoms with Crippen molar-refractivity contribution in [2.45, 2.75) is 25.3 Å². The molecule has 7 nitrogen and oxygen atoms in total. The molecule has 3 heterocycles. The molecular weight excluding hydrogens is 366 g/mol. The fraction of sp³-hybridized carbons (Fsp3) is 0.474. The number of amides is 1. The van der Waals surface area contributed by atoms with E-state index in [0.717, 1.165) is 42.9 Å². The van der Waals surface area contributed by atoms with E-state index < -0.39 is 9.84 Å². The van der Waals surface area contributed by atoms with Crippen LogP contribution in [-0.2, 0) is 9.84 Å². The van der Waals surface area contributed by atoms with Gasteiger partial charge < -0.3 is 9.64 Å². The number of hydrogen-bond acceptors (Lipinski definition) is 5. The van der Waals surface area contributed by atoms with E-state index in [0.29, 0.717) is 12.1 Å². The maximum Gasteiger partial charge on any atom is 0.274 e. The first-order chi connectivity index (χ1) is 13.0. The number of sulfone groups is 1. The molecule has 1 aromatic carbocycles. The van der Waals surface area contributed by atoms with Crippen LogP contribution < -0.4 is 4.74 Å². The summed E-state index contributed by atoms with van der Waals surface area (Å²) >= 11 is 0. The zero-order valence-corrected chi connectivity index (χ0v) is 16.1. The minimum absolute atomic E-state index is 0.0647. The highest BCUT2D eigenvalue weighted by molar-refractivity contribution is 7.91. The van der Waals surface area contributed by atoms with Gasteiger partial charge >= 0.3 is 0 Å². The molecule has 0 spiro atoms. The highest BCUT2D eigenvalue weighted by atomic mass is 32.2. The van der Waals surface area contributed by atoms with E-state index >= 15 is 0 Å². The topological polar surface area (TPSA) is 81.5 Å². The molecule has 0 radical (unpaired) electrons. The Morgan fingerprint density at radius 1 is 1.19 bits per heavy atom. The number of methoxy groups -OCH3 is 1. The van der Waals surface area contributed by atoms with Crippen molar-refractivity contribution in [3.63, 3.8) is 0 Å². The van der Waals surface area contributed by atoms with Gasteiger partial charge in [-0.25, -0.2) is 8.42 Å². The van der Waals surface area contributed by atoms with Crippen LogP contribution in [0.3, 0.4) is 0 Å². The number of hydrogen-bond donors (Lipinski definition) is 0. The van der Waals surface area contributed by atoms with E-state index in [1.807, 2.05) is 29.2 Å². The first kappa shape index (κ1) is 18.0. The first-order valence-corrected chi connectivity index (χ1v) is 11.0. The van der Waals surface area contributed by atoms with Crippen LogP contribution in [-0.4, -0.2) is 60.7 Å². The van der Waals surface area contributed by atoms with Gasteiger partial charge in [0, 0.05) is 18.7 Å². The van der Waals surface area contributed by atoms with Gasteiger partial charge in [-0.3, -0.25) is 9.48 Å². The SMILES string of the molecule is COc1ccc(-c2cc(C(=O)N3CCCC3)nn2C2CCS(=O)(=O)C2)cc1. The molecule has 27 heavy (non-hydrogen) atoms. The summed E-state index contributed by atoms with van der Waals surface area (Å²) in [4.78, 5) is 14.6. The highest BCUT2D eigenvalue weighted by Gasteiger charge is 2.33. The Kier molecular flexibility index (Phi) is 4.67. The van der Waals surface area contributed by atoms with Crippen molar-refractivity contribution < 1.29 is 17.9 Å². The predicted octanol–water partition coefficient (Wildman–Crippen LogP) is 2.15. The quantitative estimate of drug-likeness (QED) is 0.800. The zero-order chi connectivity index (χ0) is 19.0. The smallest absolute Gasteiger partial charge is 0.274 e. The van der Waals surface area contributed by atoms with Gasteiger partial charge in [0.15, 0.2) is 15.5 Å². The Hall–Kier alpha value is -2.35. The zero-order valence-electron chi connectivity index (χ0n) is 15.3. The van der Waals surface area contributed by atoms with Crippen LogP contribution in [0.4, 0.5) is 0 Å². The van der Waals surface area contributed by atoms with Crippen molar-refractivity contribution in [3.8, 4) is 17.0 Å². The molecule has 1 aromatic heterocycles. The number of carbonyl (C=O) groups is 1. The second-order valence-corrected chi connectivity index (χ2v) is 9.37. The second kappa shape index (κ2) is 6.99. The number of carbonyl (C=O) groups excluding carboxylic acids is 1. The summed E-state index contributed by atoms with van der Waals surface area (Å²) in [6.07, 6.45) is 2.54. The lowest BCUT2D eigenvalue weighted by Gasteiger charge is -2.14. The second-order valence-electron chi connectivity index (χ2n) is 7.14. The molecule has 4 rings (SSSR count). The fourth-order valence-electron chi connectivity index (χ4n) is 3.81. The first-order valence-electron chi connectivity index (χ1n) is 9.20. The number of benzene rings is 1.